The van der Waals surface area contributed by atoms with Crippen molar-refractivity contribution in [2.45, 2.75) is 13.1 Å². The van der Waals surface area contributed by atoms with E-state index in [-0.39, 0.29) is 11.7 Å². The Kier molecular flexibility index (Phi) is 4.58. The van der Waals surface area contributed by atoms with Crippen LogP contribution in [0.4, 0.5) is 5.69 Å². The van der Waals surface area contributed by atoms with E-state index in [1.165, 1.54) is 17.3 Å². The van der Waals surface area contributed by atoms with Crippen molar-refractivity contribution in [3.8, 4) is 5.75 Å². The van der Waals surface area contributed by atoms with Gasteiger partial charge in [-0.3, -0.25) is 4.79 Å². The number of phenolic OH excluding ortho intramolecular Hbond substituents is 1. The molecule has 0 aromatic heterocycles. The van der Waals surface area contributed by atoms with Gasteiger partial charge in [-0.2, -0.15) is 5.10 Å². The molecule has 1 aliphatic rings. The van der Waals surface area contributed by atoms with Gasteiger partial charge >= 0.3 is 0 Å². The molecule has 5 nitrogen and oxygen atoms in total. The van der Waals surface area contributed by atoms with Gasteiger partial charge in [-0.1, -0.05) is 36.4 Å². The summed E-state index contributed by atoms with van der Waals surface area (Å²) in [6, 6.07) is 22.6. The molecule has 0 aliphatic carbocycles. The Morgan fingerprint density at radius 3 is 2.33 bits per heavy atom. The SMILES string of the molecule is O=C(N/N=C\c1cccc(O)c1)c1ccc(N2Cc3ccccc3C2)cc1. The summed E-state index contributed by atoms with van der Waals surface area (Å²) in [6.45, 7) is 1.77. The molecule has 0 radical (unpaired) electrons. The van der Waals surface area contributed by atoms with Crippen LogP contribution < -0.4 is 10.3 Å². The molecule has 0 saturated heterocycles. The van der Waals surface area contributed by atoms with Crippen LogP contribution in [0.1, 0.15) is 27.0 Å². The van der Waals surface area contributed by atoms with Crippen LogP contribution in [0.3, 0.4) is 0 Å². The third kappa shape index (κ3) is 3.82. The highest BCUT2D eigenvalue weighted by Crippen LogP contribution is 2.28. The third-order valence-corrected chi connectivity index (χ3v) is 4.59. The number of aromatic hydroxyl groups is 1. The van der Waals surface area contributed by atoms with Gasteiger partial charge in [-0.25, -0.2) is 5.43 Å². The zero-order valence-corrected chi connectivity index (χ0v) is 14.7. The second-order valence-electron chi connectivity index (χ2n) is 6.47. The van der Waals surface area contributed by atoms with Crippen molar-refractivity contribution in [3.05, 3.63) is 95.1 Å². The number of carbonyl (C=O) groups excluding carboxylic acids is 1. The lowest BCUT2D eigenvalue weighted by Crippen LogP contribution is -2.18. The van der Waals surface area contributed by atoms with E-state index in [1.54, 1.807) is 36.4 Å². The number of fused-ring (bicyclic) bond motifs is 1. The van der Waals surface area contributed by atoms with Crippen LogP contribution in [0.15, 0.2) is 77.9 Å². The summed E-state index contributed by atoms with van der Waals surface area (Å²) in [7, 11) is 0. The lowest BCUT2D eigenvalue weighted by Gasteiger charge is -2.17. The number of nitrogens with zero attached hydrogens (tertiary/aromatic N) is 2. The van der Waals surface area contributed by atoms with Crippen LogP contribution >= 0.6 is 0 Å². The van der Waals surface area contributed by atoms with Crippen LogP contribution in [0.5, 0.6) is 5.75 Å². The molecule has 134 valence electrons. The molecule has 0 spiro atoms. The molecule has 3 aromatic rings. The Hall–Kier alpha value is -3.60. The maximum atomic E-state index is 12.2. The smallest absolute Gasteiger partial charge is 0.271 e. The molecule has 0 unspecified atom stereocenters. The lowest BCUT2D eigenvalue weighted by molar-refractivity contribution is 0.0955. The molecule has 1 aliphatic heterocycles. The summed E-state index contributed by atoms with van der Waals surface area (Å²) < 4.78 is 0. The molecule has 0 fully saturated rings. The standard InChI is InChI=1S/C22H19N3O2/c26-21-7-3-4-16(12-21)13-23-24-22(27)17-8-10-20(11-9-17)25-14-18-5-1-2-6-19(18)15-25/h1-13,26H,14-15H2,(H,24,27)/b23-13-. The van der Waals surface area contributed by atoms with Gasteiger partial charge in [0.05, 0.1) is 6.21 Å². The monoisotopic (exact) mass is 357 g/mol. The van der Waals surface area contributed by atoms with Crippen LogP contribution in [0.2, 0.25) is 0 Å². The average molecular weight is 357 g/mol. The number of benzene rings is 3. The number of phenols is 1. The van der Waals surface area contributed by atoms with Crippen LogP contribution in [0.25, 0.3) is 0 Å². The van der Waals surface area contributed by atoms with Gasteiger partial charge < -0.3 is 10.0 Å². The van der Waals surface area contributed by atoms with Crippen molar-refractivity contribution in [1.82, 2.24) is 5.43 Å². The molecule has 1 heterocycles. The molecular formula is C22H19N3O2. The van der Waals surface area contributed by atoms with Gasteiger partial charge in [0.25, 0.3) is 5.91 Å². The van der Waals surface area contributed by atoms with Gasteiger partial charge in [0.2, 0.25) is 0 Å². The third-order valence-electron chi connectivity index (χ3n) is 4.59. The first-order chi connectivity index (χ1) is 13.2. The fraction of sp³-hybridized carbons (Fsp3) is 0.0909. The maximum Gasteiger partial charge on any atom is 0.271 e. The molecule has 27 heavy (non-hydrogen) atoms. The lowest BCUT2D eigenvalue weighted by atomic mass is 10.1. The quantitative estimate of drug-likeness (QED) is 0.553. The zero-order valence-electron chi connectivity index (χ0n) is 14.7. The molecule has 0 bridgehead atoms. The number of nitrogens with one attached hydrogen (secondary N) is 1. The Balaban J connectivity index is 1.38. The molecule has 0 atom stereocenters. The summed E-state index contributed by atoms with van der Waals surface area (Å²) in [4.78, 5) is 14.5. The van der Waals surface area contributed by atoms with E-state index >= 15 is 0 Å². The average Bonchev–Trinajstić information content (AvgIpc) is 3.12. The fourth-order valence-electron chi connectivity index (χ4n) is 3.17. The number of hydrazone groups is 1. The van der Waals surface area contributed by atoms with Crippen molar-refractivity contribution < 1.29 is 9.90 Å². The predicted molar refractivity (Wildman–Crippen MR) is 106 cm³/mol. The van der Waals surface area contributed by atoms with Crippen LogP contribution in [-0.2, 0) is 13.1 Å². The number of rotatable bonds is 4. The van der Waals surface area contributed by atoms with E-state index in [9.17, 15) is 9.90 Å². The first kappa shape index (κ1) is 16.8. The summed E-state index contributed by atoms with van der Waals surface area (Å²) in [6.07, 6.45) is 1.49. The Morgan fingerprint density at radius 2 is 1.67 bits per heavy atom. The molecule has 1 amide bonds. The first-order valence-corrected chi connectivity index (χ1v) is 8.73. The molecule has 3 aromatic carbocycles. The second-order valence-corrected chi connectivity index (χ2v) is 6.47. The van der Waals surface area contributed by atoms with E-state index in [0.717, 1.165) is 18.8 Å². The summed E-state index contributed by atoms with van der Waals surface area (Å²) in [5.41, 5.74) is 7.54. The molecule has 4 rings (SSSR count). The van der Waals surface area contributed by atoms with Crippen molar-refractivity contribution in [1.29, 1.82) is 0 Å². The van der Waals surface area contributed by atoms with Gasteiger partial charge in [-0.05, 0) is 53.1 Å². The minimum absolute atomic E-state index is 0.157. The Labute approximate surface area is 157 Å². The second kappa shape index (κ2) is 7.33. The molecule has 2 N–H and O–H groups in total. The summed E-state index contributed by atoms with van der Waals surface area (Å²) in [5, 5.41) is 13.4. The minimum Gasteiger partial charge on any atom is -0.508 e. The maximum absolute atomic E-state index is 12.2. The van der Waals surface area contributed by atoms with E-state index in [4.69, 9.17) is 0 Å². The van der Waals surface area contributed by atoms with Crippen molar-refractivity contribution in [3.63, 3.8) is 0 Å². The van der Waals surface area contributed by atoms with Gasteiger partial charge in [0.1, 0.15) is 5.75 Å². The topological polar surface area (TPSA) is 64.9 Å². The number of hydrogen-bond acceptors (Lipinski definition) is 4. The number of amides is 1. The van der Waals surface area contributed by atoms with E-state index < -0.39 is 0 Å². The van der Waals surface area contributed by atoms with Crippen LogP contribution in [-0.4, -0.2) is 17.2 Å². The number of anilines is 1. The zero-order chi connectivity index (χ0) is 18.6. The van der Waals surface area contributed by atoms with Gasteiger partial charge in [0.15, 0.2) is 0 Å². The van der Waals surface area contributed by atoms with Gasteiger partial charge in [-0.15, -0.1) is 0 Å². The highest BCUT2D eigenvalue weighted by molar-refractivity contribution is 5.95. The van der Waals surface area contributed by atoms with Crippen LogP contribution in [0, 0.1) is 0 Å². The molecule has 0 saturated carbocycles. The fourth-order valence-corrected chi connectivity index (χ4v) is 3.17. The Bertz CT molecular complexity index is 971. The van der Waals surface area contributed by atoms with Crippen molar-refractivity contribution in [2.24, 2.45) is 5.10 Å². The predicted octanol–water partition coefficient (Wildman–Crippen LogP) is 3.68. The van der Waals surface area contributed by atoms with E-state index in [0.29, 0.717) is 11.1 Å². The molecular weight excluding hydrogens is 338 g/mol. The number of carbonyl (C=O) groups is 1. The Morgan fingerprint density at radius 1 is 0.963 bits per heavy atom. The highest BCUT2D eigenvalue weighted by atomic mass is 16.3. The summed E-state index contributed by atoms with van der Waals surface area (Å²) >= 11 is 0. The summed E-state index contributed by atoms with van der Waals surface area (Å²) in [5.74, 6) is -0.118. The largest absolute Gasteiger partial charge is 0.508 e. The van der Waals surface area contributed by atoms with Crippen molar-refractivity contribution >= 4 is 17.8 Å². The van der Waals surface area contributed by atoms with E-state index in [1.807, 2.05) is 12.1 Å². The van der Waals surface area contributed by atoms with E-state index in [2.05, 4.69) is 39.7 Å². The van der Waals surface area contributed by atoms with Gasteiger partial charge in [0, 0.05) is 24.3 Å². The molecule has 5 heteroatoms. The highest BCUT2D eigenvalue weighted by Gasteiger charge is 2.18. The normalized spacial score (nSPS) is 13.0. The number of hydrogen-bond donors (Lipinski definition) is 2. The first-order valence-electron chi connectivity index (χ1n) is 8.73. The minimum atomic E-state index is -0.275. The van der Waals surface area contributed by atoms with Crippen molar-refractivity contribution in [2.75, 3.05) is 4.90 Å².